The van der Waals surface area contributed by atoms with E-state index >= 15 is 0 Å². The van der Waals surface area contributed by atoms with E-state index in [1.54, 1.807) is 48.5 Å². The molecule has 1 saturated carbocycles. The Labute approximate surface area is 401 Å². The number of halogens is 3. The Balaban J connectivity index is 0.800. The number of carbonyl (C=O) groups is 3. The van der Waals surface area contributed by atoms with E-state index in [1.807, 2.05) is 18.2 Å². The van der Waals surface area contributed by atoms with E-state index in [2.05, 4.69) is 38.0 Å². The molecule has 17 heteroatoms. The normalized spacial score (nSPS) is 17.7. The summed E-state index contributed by atoms with van der Waals surface area (Å²) in [5, 5.41) is 41.9. The quantitative estimate of drug-likeness (QED) is 0.0482. The first-order chi connectivity index (χ1) is 33.6. The number of nitrogens with one attached hydrogen (secondary N) is 4. The van der Waals surface area contributed by atoms with Crippen molar-refractivity contribution in [2.24, 2.45) is 5.92 Å². The number of nitrogens with zero attached hydrogens (tertiary/aromatic N) is 1. The Morgan fingerprint density at radius 3 is 2.24 bits per heavy atom. The van der Waals surface area contributed by atoms with Gasteiger partial charge >= 0.3 is 12.1 Å². The Morgan fingerprint density at radius 2 is 1.51 bits per heavy atom. The summed E-state index contributed by atoms with van der Waals surface area (Å²) in [6.45, 7) is 1.89. The predicted molar refractivity (Wildman–Crippen MR) is 254 cm³/mol. The molecule has 366 valence electrons. The number of carbonyl (C=O) groups excluding carboxylic acids is 3. The first kappa shape index (κ1) is 49.4. The zero-order chi connectivity index (χ0) is 49.4. The number of esters is 1. The van der Waals surface area contributed by atoms with E-state index < -0.39 is 59.4 Å². The van der Waals surface area contributed by atoms with E-state index in [0.717, 1.165) is 38.5 Å². The van der Waals surface area contributed by atoms with Crippen molar-refractivity contribution in [3.05, 3.63) is 177 Å². The van der Waals surface area contributed by atoms with Gasteiger partial charge in [-0.05, 0) is 103 Å². The number of rotatable bonds is 18. The second kappa shape index (κ2) is 21.7. The molecule has 2 heterocycles. The molecule has 8 rings (SSSR count). The molecule has 1 aromatic heterocycles. The number of alkyl halides is 3. The molecule has 2 amide bonds. The van der Waals surface area contributed by atoms with Crippen LogP contribution in [0.5, 0.6) is 11.5 Å². The van der Waals surface area contributed by atoms with Gasteiger partial charge in [0.25, 0.3) is 11.8 Å². The third kappa shape index (κ3) is 11.9. The van der Waals surface area contributed by atoms with Gasteiger partial charge < -0.3 is 45.7 Å². The highest BCUT2D eigenvalue weighted by Crippen LogP contribution is 2.36. The number of phenols is 1. The van der Waals surface area contributed by atoms with Crippen molar-refractivity contribution in [3.8, 4) is 11.5 Å². The minimum Gasteiger partial charge on any atom is -0.506 e. The number of aliphatic hydroxyl groups excluding tert-OH is 1. The second-order valence-electron chi connectivity index (χ2n) is 17.9. The number of benzene rings is 5. The molecule has 6 aromatic rings. The van der Waals surface area contributed by atoms with Gasteiger partial charge in [0.15, 0.2) is 6.61 Å². The maximum Gasteiger partial charge on any atom is 0.416 e. The molecule has 0 spiro atoms. The minimum atomic E-state index is -4.80. The highest BCUT2D eigenvalue weighted by atomic mass is 19.4. The van der Waals surface area contributed by atoms with Gasteiger partial charge in [-0.15, -0.1) is 0 Å². The molecule has 0 unspecified atom stereocenters. The van der Waals surface area contributed by atoms with Crippen LogP contribution in [0.1, 0.15) is 75.5 Å². The number of aromatic amines is 1. The lowest BCUT2D eigenvalue weighted by atomic mass is 9.86. The average molecular weight is 962 g/mol. The molecule has 2 fully saturated rings. The molecule has 0 bridgehead atoms. The van der Waals surface area contributed by atoms with Crippen LogP contribution in [0.4, 0.5) is 13.2 Å². The number of aliphatic hydroxyl groups is 2. The zero-order valence-corrected chi connectivity index (χ0v) is 38.1. The number of aromatic hydroxyl groups is 1. The van der Waals surface area contributed by atoms with Crippen LogP contribution in [0.3, 0.4) is 0 Å². The van der Waals surface area contributed by atoms with E-state index in [9.17, 15) is 47.7 Å². The molecule has 2 aliphatic rings. The van der Waals surface area contributed by atoms with Crippen LogP contribution in [0.15, 0.2) is 132 Å². The number of ether oxygens (including phenoxy) is 2. The lowest BCUT2D eigenvalue weighted by Crippen LogP contribution is -2.54. The van der Waals surface area contributed by atoms with Crippen LogP contribution in [0.25, 0.3) is 10.9 Å². The first-order valence-electron chi connectivity index (χ1n) is 23.1. The topological polar surface area (TPSA) is 203 Å². The highest BCUT2D eigenvalue weighted by molar-refractivity contribution is 5.95. The third-order valence-electron chi connectivity index (χ3n) is 12.9. The number of hydrogen-bond acceptors (Lipinski definition) is 11. The standard InChI is InChI=1S/C53H54F3N5O9/c54-53(55,56)44-24-35(14-15-36(44)28-57-29-46(63)42-16-18-45(62)49-43(42)17-19-47(64)60-49)50(66)59-40-26-39(27-40)58-48(65)32-69-41-13-7-12-38(25-41)52(68,37-10-5-2-6-11-37)51(67)70-31-34-20-22-61(23-21-34)30-33-8-3-1-4-9-33/h1-19,24-25,34,39-40,46,57,62-63,68H,20-23,26-32H2,(H,58,65)(H,59,66)(H,60,64)/t39-,40-,46-,52-/m0/s1. The van der Waals surface area contributed by atoms with Crippen molar-refractivity contribution in [2.45, 2.75) is 68.7 Å². The number of aromatic nitrogens is 1. The zero-order valence-electron chi connectivity index (χ0n) is 38.1. The molecule has 0 radical (unpaired) electrons. The summed E-state index contributed by atoms with van der Waals surface area (Å²) in [6.07, 6.45) is -3.65. The Hall–Kier alpha value is -7.05. The van der Waals surface area contributed by atoms with Gasteiger partial charge in [-0.2, -0.15) is 13.2 Å². The molecular formula is C53H54F3N5O9. The van der Waals surface area contributed by atoms with Gasteiger partial charge in [-0.3, -0.25) is 19.3 Å². The van der Waals surface area contributed by atoms with E-state index in [4.69, 9.17) is 9.47 Å². The van der Waals surface area contributed by atoms with Crippen molar-refractivity contribution in [2.75, 3.05) is 32.8 Å². The van der Waals surface area contributed by atoms with Crippen molar-refractivity contribution >= 4 is 28.7 Å². The second-order valence-corrected chi connectivity index (χ2v) is 17.9. The Kier molecular flexibility index (Phi) is 15.3. The number of piperidine rings is 1. The average Bonchev–Trinajstić information content (AvgIpc) is 3.35. The fourth-order valence-corrected chi connectivity index (χ4v) is 9.02. The fourth-order valence-electron chi connectivity index (χ4n) is 9.02. The molecule has 14 nitrogen and oxygen atoms in total. The van der Waals surface area contributed by atoms with Crippen LogP contribution < -0.4 is 26.2 Å². The summed E-state index contributed by atoms with van der Waals surface area (Å²) in [7, 11) is 0. The Bertz CT molecular complexity index is 2850. The predicted octanol–water partition coefficient (Wildman–Crippen LogP) is 6.22. The van der Waals surface area contributed by atoms with Gasteiger partial charge in [-0.1, -0.05) is 84.9 Å². The van der Waals surface area contributed by atoms with Crippen LogP contribution in [-0.2, 0) is 39.2 Å². The summed E-state index contributed by atoms with van der Waals surface area (Å²) in [4.78, 5) is 56.5. The molecular weight excluding hydrogens is 908 g/mol. The third-order valence-corrected chi connectivity index (χ3v) is 12.9. The van der Waals surface area contributed by atoms with E-state index in [0.29, 0.717) is 29.4 Å². The van der Waals surface area contributed by atoms with Crippen molar-refractivity contribution in [1.82, 2.24) is 25.8 Å². The monoisotopic (exact) mass is 961 g/mol. The molecule has 2 atom stereocenters. The van der Waals surface area contributed by atoms with Gasteiger partial charge in [0, 0.05) is 54.3 Å². The molecule has 1 aliphatic carbocycles. The summed E-state index contributed by atoms with van der Waals surface area (Å²) in [6, 6.07) is 32.9. The van der Waals surface area contributed by atoms with Crippen LogP contribution in [-0.4, -0.2) is 87.9 Å². The maximum absolute atomic E-state index is 14.2. The Morgan fingerprint density at radius 1 is 0.814 bits per heavy atom. The number of pyridine rings is 1. The lowest BCUT2D eigenvalue weighted by Gasteiger charge is -2.36. The molecule has 70 heavy (non-hydrogen) atoms. The molecule has 5 aromatic carbocycles. The first-order valence-corrected chi connectivity index (χ1v) is 23.1. The number of H-pyrrole nitrogens is 1. The SMILES string of the molecule is O=C(COc1cccc([C@](O)(C(=O)OCC2CCN(Cc3ccccc3)CC2)c2ccccc2)c1)N[C@H]1C[C@H](NC(=O)c2ccc(CNC[C@H](O)c3ccc(O)c4[nH]c(=O)ccc34)c(C(F)(F)F)c2)C1. The summed E-state index contributed by atoms with van der Waals surface area (Å²) >= 11 is 0. The van der Waals surface area contributed by atoms with Gasteiger partial charge in [0.1, 0.15) is 11.5 Å². The summed E-state index contributed by atoms with van der Waals surface area (Å²) in [5.74, 6) is -1.84. The van der Waals surface area contributed by atoms with Crippen LogP contribution in [0.2, 0.25) is 0 Å². The van der Waals surface area contributed by atoms with Crippen LogP contribution >= 0.6 is 0 Å². The maximum atomic E-state index is 14.2. The molecule has 1 saturated heterocycles. The summed E-state index contributed by atoms with van der Waals surface area (Å²) in [5.41, 5.74) is -1.78. The number of hydrogen-bond donors (Lipinski definition) is 7. The molecule has 1 aliphatic heterocycles. The van der Waals surface area contributed by atoms with Gasteiger partial charge in [-0.25, -0.2) is 4.79 Å². The van der Waals surface area contributed by atoms with Gasteiger partial charge in [0.2, 0.25) is 11.2 Å². The van der Waals surface area contributed by atoms with Crippen molar-refractivity contribution in [1.29, 1.82) is 0 Å². The fraction of sp³-hybridized carbons (Fsp3) is 0.321. The number of likely N-dealkylation sites (tertiary alicyclic amines) is 1. The lowest BCUT2D eigenvalue weighted by molar-refractivity contribution is -0.164. The number of phenolic OH excluding ortho intramolecular Hbond substituents is 1. The highest BCUT2D eigenvalue weighted by Gasteiger charge is 2.43. The van der Waals surface area contributed by atoms with Crippen molar-refractivity contribution in [3.63, 3.8) is 0 Å². The van der Waals surface area contributed by atoms with E-state index in [-0.39, 0.29) is 65.4 Å². The smallest absolute Gasteiger partial charge is 0.416 e. The molecule has 7 N–H and O–H groups in total. The number of fused-ring (bicyclic) bond motifs is 1. The van der Waals surface area contributed by atoms with Crippen molar-refractivity contribution < 1.29 is 52.3 Å². The van der Waals surface area contributed by atoms with Crippen LogP contribution in [0, 0.1) is 5.92 Å². The number of amides is 2. The minimum absolute atomic E-state index is 0.123. The van der Waals surface area contributed by atoms with Gasteiger partial charge in [0.05, 0.1) is 23.8 Å². The van der Waals surface area contributed by atoms with E-state index in [1.165, 1.54) is 48.0 Å². The summed E-state index contributed by atoms with van der Waals surface area (Å²) < 4.78 is 54.4. The largest absolute Gasteiger partial charge is 0.506 e.